The summed E-state index contributed by atoms with van der Waals surface area (Å²) >= 11 is 0. The highest BCUT2D eigenvalue weighted by molar-refractivity contribution is 5.99. The summed E-state index contributed by atoms with van der Waals surface area (Å²) in [7, 11) is 0. The Morgan fingerprint density at radius 1 is 1.13 bits per heavy atom. The van der Waals surface area contributed by atoms with E-state index in [-0.39, 0.29) is 28.8 Å². The average molecular weight is 546 g/mol. The van der Waals surface area contributed by atoms with Gasteiger partial charge in [-0.1, -0.05) is 6.07 Å². The number of amides is 1. The van der Waals surface area contributed by atoms with Gasteiger partial charge in [0.25, 0.3) is 5.91 Å². The van der Waals surface area contributed by atoms with Crippen LogP contribution in [0.15, 0.2) is 36.5 Å². The molecule has 206 valence electrons. The van der Waals surface area contributed by atoms with Crippen molar-refractivity contribution < 1.29 is 27.5 Å². The van der Waals surface area contributed by atoms with Crippen LogP contribution in [-0.2, 0) is 18.6 Å². The van der Waals surface area contributed by atoms with Crippen molar-refractivity contribution >= 4 is 29.2 Å². The summed E-state index contributed by atoms with van der Waals surface area (Å²) in [6.45, 7) is 2.42. The number of fused-ring (bicyclic) bond motifs is 1. The number of hydrogen-bond acceptors (Lipinski definition) is 8. The van der Waals surface area contributed by atoms with E-state index in [9.17, 15) is 27.5 Å². The molecule has 5 N–H and O–H groups in total. The standard InChI is InChI=1S/C26H27F4N7O2/c1-14(26(28,29)30)33-23(38)18-13-32-24(34-17-4-3-15-7-10-31-12-16(15)11-17)37-22(18)36-20-6-5-19(27)21(35-20)25(39)8-2-9-25/h3-6,11,13-14,31,39H,2,7-10,12H2,1H3,(H,33,38)(H2,32,34,35,36,37). The Hall–Kier alpha value is -3.84. The normalized spacial score (nSPS) is 17.0. The molecule has 2 aliphatic rings. The summed E-state index contributed by atoms with van der Waals surface area (Å²) in [5.41, 5.74) is 1.19. The quantitative estimate of drug-likeness (QED) is 0.280. The van der Waals surface area contributed by atoms with Crippen molar-refractivity contribution in [3.8, 4) is 0 Å². The minimum Gasteiger partial charge on any atom is -0.383 e. The van der Waals surface area contributed by atoms with Crippen molar-refractivity contribution in [2.45, 2.75) is 57.0 Å². The van der Waals surface area contributed by atoms with Gasteiger partial charge in [-0.2, -0.15) is 18.2 Å². The Kier molecular flexibility index (Phi) is 7.12. The Balaban J connectivity index is 1.46. The van der Waals surface area contributed by atoms with E-state index >= 15 is 0 Å². The first-order chi connectivity index (χ1) is 18.5. The van der Waals surface area contributed by atoms with E-state index < -0.39 is 29.5 Å². The molecule has 3 aromatic rings. The van der Waals surface area contributed by atoms with Crippen molar-refractivity contribution in [1.29, 1.82) is 0 Å². The Morgan fingerprint density at radius 2 is 1.92 bits per heavy atom. The second-order valence-corrected chi connectivity index (χ2v) is 9.76. The molecular formula is C26H27F4N7O2. The van der Waals surface area contributed by atoms with Gasteiger partial charge in [0.05, 0.1) is 0 Å². The maximum Gasteiger partial charge on any atom is 0.408 e. The molecule has 3 heterocycles. The smallest absolute Gasteiger partial charge is 0.383 e. The number of halogens is 4. The molecule has 0 radical (unpaired) electrons. The molecule has 2 aromatic heterocycles. The van der Waals surface area contributed by atoms with Gasteiger partial charge in [-0.05, 0) is 74.5 Å². The highest BCUT2D eigenvalue weighted by Gasteiger charge is 2.40. The number of nitrogens with zero attached hydrogens (tertiary/aromatic N) is 3. The maximum atomic E-state index is 14.5. The van der Waals surface area contributed by atoms with Crippen molar-refractivity contribution in [3.63, 3.8) is 0 Å². The third-order valence-corrected chi connectivity index (χ3v) is 6.93. The number of benzene rings is 1. The minimum absolute atomic E-state index is 0.0501. The van der Waals surface area contributed by atoms with Crippen molar-refractivity contribution in [2.75, 3.05) is 17.2 Å². The molecule has 0 spiro atoms. The van der Waals surface area contributed by atoms with Crippen LogP contribution in [-0.4, -0.2) is 44.7 Å². The molecular weight excluding hydrogens is 518 g/mol. The van der Waals surface area contributed by atoms with Crippen LogP contribution in [0.3, 0.4) is 0 Å². The predicted molar refractivity (Wildman–Crippen MR) is 135 cm³/mol. The first-order valence-corrected chi connectivity index (χ1v) is 12.5. The summed E-state index contributed by atoms with van der Waals surface area (Å²) in [6, 6.07) is 6.08. The Morgan fingerprint density at radius 3 is 2.64 bits per heavy atom. The lowest BCUT2D eigenvalue weighted by atomic mass is 9.77. The van der Waals surface area contributed by atoms with Gasteiger partial charge in [0.2, 0.25) is 5.95 Å². The number of aromatic nitrogens is 3. The van der Waals surface area contributed by atoms with Crippen molar-refractivity contribution in [3.05, 3.63) is 64.7 Å². The fourth-order valence-corrected chi connectivity index (χ4v) is 4.45. The van der Waals surface area contributed by atoms with E-state index in [0.717, 1.165) is 44.1 Å². The molecule has 1 fully saturated rings. The fourth-order valence-electron chi connectivity index (χ4n) is 4.45. The topological polar surface area (TPSA) is 124 Å². The second kappa shape index (κ2) is 10.4. The van der Waals surface area contributed by atoms with Gasteiger partial charge in [-0.3, -0.25) is 4.79 Å². The highest BCUT2D eigenvalue weighted by Crippen LogP contribution is 2.41. The summed E-state index contributed by atoms with van der Waals surface area (Å²) in [6.07, 6.45) is -1.24. The van der Waals surface area contributed by atoms with Gasteiger partial charge in [0.15, 0.2) is 0 Å². The van der Waals surface area contributed by atoms with Crippen molar-refractivity contribution in [2.24, 2.45) is 0 Å². The zero-order chi connectivity index (χ0) is 27.8. The molecule has 1 aliphatic carbocycles. The summed E-state index contributed by atoms with van der Waals surface area (Å²) in [4.78, 5) is 25.4. The van der Waals surface area contributed by atoms with Gasteiger partial charge in [-0.25, -0.2) is 14.4 Å². The van der Waals surface area contributed by atoms with Crippen LogP contribution < -0.4 is 21.3 Å². The SMILES string of the molecule is CC(NC(=O)c1cnc(Nc2ccc3c(c2)CNCC3)nc1Nc1ccc(F)c(C2(O)CCC2)n1)C(F)(F)F. The molecule has 0 saturated heterocycles. The van der Waals surface area contributed by atoms with Crippen LogP contribution in [0, 0.1) is 5.82 Å². The largest absolute Gasteiger partial charge is 0.408 e. The first kappa shape index (κ1) is 26.8. The molecule has 1 atom stereocenters. The van der Waals surface area contributed by atoms with Crippen LogP contribution in [0.1, 0.15) is 53.4 Å². The van der Waals surface area contributed by atoms with E-state index in [2.05, 4.69) is 30.9 Å². The molecule has 1 unspecified atom stereocenters. The third kappa shape index (κ3) is 5.78. The molecule has 9 nitrogen and oxygen atoms in total. The van der Waals surface area contributed by atoms with Crippen LogP contribution in [0.4, 0.5) is 40.8 Å². The summed E-state index contributed by atoms with van der Waals surface area (Å²) in [5, 5.41) is 21.7. The van der Waals surface area contributed by atoms with Crippen molar-refractivity contribution in [1.82, 2.24) is 25.6 Å². The van der Waals surface area contributed by atoms with Crippen LogP contribution >= 0.6 is 0 Å². The molecule has 39 heavy (non-hydrogen) atoms. The number of carbonyl (C=O) groups excluding carboxylic acids is 1. The van der Waals surface area contributed by atoms with Crippen LogP contribution in [0.25, 0.3) is 0 Å². The number of nitrogens with one attached hydrogen (secondary N) is 4. The number of anilines is 4. The molecule has 1 aromatic carbocycles. The van der Waals surface area contributed by atoms with Gasteiger partial charge in [0.1, 0.15) is 40.4 Å². The van der Waals surface area contributed by atoms with Gasteiger partial charge >= 0.3 is 6.18 Å². The van der Waals surface area contributed by atoms with E-state index in [1.165, 1.54) is 11.6 Å². The molecule has 0 bridgehead atoms. The lowest BCUT2D eigenvalue weighted by Crippen LogP contribution is -2.43. The zero-order valence-electron chi connectivity index (χ0n) is 21.0. The summed E-state index contributed by atoms with van der Waals surface area (Å²) in [5.74, 6) is -1.78. The molecule has 13 heteroatoms. The molecule has 1 saturated carbocycles. The van der Waals surface area contributed by atoms with Gasteiger partial charge in [-0.15, -0.1) is 0 Å². The van der Waals surface area contributed by atoms with E-state index in [1.54, 1.807) is 0 Å². The lowest BCUT2D eigenvalue weighted by molar-refractivity contribution is -0.149. The van der Waals surface area contributed by atoms with E-state index in [1.807, 2.05) is 23.5 Å². The van der Waals surface area contributed by atoms with Gasteiger partial charge < -0.3 is 26.4 Å². The minimum atomic E-state index is -4.65. The zero-order valence-corrected chi connectivity index (χ0v) is 21.0. The second-order valence-electron chi connectivity index (χ2n) is 9.76. The molecule has 5 rings (SSSR count). The summed E-state index contributed by atoms with van der Waals surface area (Å²) < 4.78 is 53.7. The van der Waals surface area contributed by atoms with Gasteiger partial charge in [0, 0.05) is 18.4 Å². The average Bonchev–Trinajstić information content (AvgIpc) is 2.88. The molecule has 1 amide bonds. The number of aliphatic hydroxyl groups is 1. The predicted octanol–water partition coefficient (Wildman–Crippen LogP) is 4.20. The fraction of sp³-hybridized carbons (Fsp3) is 0.385. The van der Waals surface area contributed by atoms with E-state index in [0.29, 0.717) is 25.1 Å². The lowest BCUT2D eigenvalue weighted by Gasteiger charge is -2.36. The maximum absolute atomic E-state index is 14.5. The number of carbonyl (C=O) groups is 1. The Bertz CT molecular complexity index is 1400. The molecule has 1 aliphatic heterocycles. The monoisotopic (exact) mass is 545 g/mol. The number of hydrogen-bond donors (Lipinski definition) is 5. The first-order valence-electron chi connectivity index (χ1n) is 12.5. The number of pyridine rings is 1. The number of rotatable bonds is 7. The Labute approximate surface area is 221 Å². The van der Waals surface area contributed by atoms with Crippen LogP contribution in [0.5, 0.6) is 0 Å². The highest BCUT2D eigenvalue weighted by atomic mass is 19.4. The van der Waals surface area contributed by atoms with E-state index in [4.69, 9.17) is 0 Å². The number of alkyl halides is 3. The van der Waals surface area contributed by atoms with Crippen LogP contribution in [0.2, 0.25) is 0 Å². The third-order valence-electron chi connectivity index (χ3n) is 6.93.